The van der Waals surface area contributed by atoms with E-state index in [1.165, 1.54) is 0 Å². The van der Waals surface area contributed by atoms with E-state index in [0.29, 0.717) is 0 Å². The van der Waals surface area contributed by atoms with Gasteiger partial charge in [-0.1, -0.05) is 0 Å². The Hall–Kier alpha value is 0.0499. The van der Waals surface area contributed by atoms with Gasteiger partial charge in [-0.3, -0.25) is 0 Å². The number of hydrogen-bond acceptors (Lipinski definition) is 2. The molecule has 0 radical (unpaired) electrons. The molecule has 0 aliphatic carbocycles. The lowest BCUT2D eigenvalue weighted by atomic mass is 9.90. The molecule has 0 aliphatic heterocycles. The van der Waals surface area contributed by atoms with Crippen LogP contribution in [0.1, 0.15) is 27.7 Å². The van der Waals surface area contributed by atoms with E-state index in [-0.39, 0.29) is 16.8 Å². The minimum absolute atomic E-state index is 0. The van der Waals surface area contributed by atoms with Gasteiger partial charge >= 0.3 is 0 Å². The second kappa shape index (κ2) is 4.04. The van der Waals surface area contributed by atoms with E-state index in [2.05, 4.69) is 0 Å². The van der Waals surface area contributed by atoms with Crippen molar-refractivity contribution in [3.8, 4) is 0 Å². The Labute approximate surface area is 66.8 Å². The van der Waals surface area contributed by atoms with Gasteiger partial charge in [0.1, 0.15) is 0 Å². The van der Waals surface area contributed by atoms with Crippen molar-refractivity contribution in [1.29, 1.82) is 0 Å². The molecular formula is C6H20B2O2. The molecule has 4 heteroatoms. The fourth-order valence-electron chi connectivity index (χ4n) is 0. The predicted octanol–water partition coefficient (Wildman–Crippen LogP) is -1.84. The van der Waals surface area contributed by atoms with Crippen LogP contribution in [0, 0.1) is 0 Å². The summed E-state index contributed by atoms with van der Waals surface area (Å²) in [6.07, 6.45) is 0. The molecule has 0 atom stereocenters. The number of aliphatic hydroxyl groups is 2. The molecule has 2 N–H and O–H groups in total. The summed E-state index contributed by atoms with van der Waals surface area (Å²) in [7, 11) is 0. The molecule has 0 aromatic carbocycles. The molecule has 2 nitrogen and oxygen atoms in total. The molecule has 0 bridgehead atoms. The van der Waals surface area contributed by atoms with Crippen LogP contribution in [0.5, 0.6) is 0 Å². The average molecular weight is 146 g/mol. The van der Waals surface area contributed by atoms with Crippen LogP contribution in [-0.2, 0) is 0 Å². The first kappa shape index (κ1) is 16.6. The smallest absolute Gasteiger partial charge is 0.0872 e. The van der Waals surface area contributed by atoms with E-state index < -0.39 is 11.2 Å². The summed E-state index contributed by atoms with van der Waals surface area (Å²) < 4.78 is 0. The van der Waals surface area contributed by atoms with Gasteiger partial charge in [0.2, 0.25) is 0 Å². The first-order valence-corrected chi connectivity index (χ1v) is 2.70. The summed E-state index contributed by atoms with van der Waals surface area (Å²) in [5, 5.41) is 18.2. The van der Waals surface area contributed by atoms with Crippen molar-refractivity contribution in [3.05, 3.63) is 0 Å². The Balaban J connectivity index is -0.000000245. The van der Waals surface area contributed by atoms with Crippen LogP contribution < -0.4 is 0 Å². The highest BCUT2D eigenvalue weighted by Crippen LogP contribution is 2.18. The van der Waals surface area contributed by atoms with E-state index >= 15 is 0 Å². The van der Waals surface area contributed by atoms with Crippen LogP contribution in [0.25, 0.3) is 0 Å². The van der Waals surface area contributed by atoms with Gasteiger partial charge in [0, 0.05) is 0 Å². The molecule has 0 saturated heterocycles. The van der Waals surface area contributed by atoms with Crippen molar-refractivity contribution in [2.24, 2.45) is 0 Å². The lowest BCUT2D eigenvalue weighted by Gasteiger charge is -2.31. The van der Waals surface area contributed by atoms with Gasteiger partial charge in [-0.05, 0) is 27.7 Å². The van der Waals surface area contributed by atoms with Crippen molar-refractivity contribution in [2.45, 2.75) is 38.9 Å². The molecule has 0 aromatic rings. The van der Waals surface area contributed by atoms with Crippen LogP contribution in [0.2, 0.25) is 0 Å². The Bertz CT molecular complexity index is 68.7. The van der Waals surface area contributed by atoms with Crippen LogP contribution in [-0.4, -0.2) is 38.2 Å². The Morgan fingerprint density at radius 1 is 0.700 bits per heavy atom. The summed E-state index contributed by atoms with van der Waals surface area (Å²) >= 11 is 0. The molecule has 0 aromatic heterocycles. The summed E-state index contributed by atoms with van der Waals surface area (Å²) in [5.74, 6) is 0. The van der Waals surface area contributed by atoms with Crippen LogP contribution >= 0.6 is 0 Å². The van der Waals surface area contributed by atoms with Gasteiger partial charge in [-0.25, -0.2) is 0 Å². The molecule has 0 spiro atoms. The van der Waals surface area contributed by atoms with Gasteiger partial charge < -0.3 is 10.2 Å². The molecule has 0 aliphatic rings. The fraction of sp³-hybridized carbons (Fsp3) is 1.00. The summed E-state index contributed by atoms with van der Waals surface area (Å²) in [5.41, 5.74) is -2.01. The van der Waals surface area contributed by atoms with Crippen molar-refractivity contribution >= 4 is 16.8 Å². The first-order chi connectivity index (χ1) is 3.25. The Morgan fingerprint density at radius 3 is 0.800 bits per heavy atom. The zero-order chi connectivity index (χ0) is 7.00. The zero-order valence-electron chi connectivity index (χ0n) is 5.89. The minimum atomic E-state index is -1.01. The van der Waals surface area contributed by atoms with Gasteiger partial charge in [0.05, 0.1) is 28.0 Å². The molecule has 0 heterocycles. The maximum absolute atomic E-state index is 9.10. The molecule has 0 rings (SSSR count). The molecule has 10 heavy (non-hydrogen) atoms. The molecule has 0 saturated carbocycles. The maximum Gasteiger partial charge on any atom is 0.0872 e. The second-order valence-corrected chi connectivity index (χ2v) is 3.12. The highest BCUT2D eigenvalue weighted by molar-refractivity contribution is 5.76. The standard InChI is InChI=1S/C6H14O2.2BH3/c1-5(2,7)6(3,4)8;;/h7-8H,1-4H3;2*1H3. The van der Waals surface area contributed by atoms with Gasteiger partial charge in [0.15, 0.2) is 0 Å². The van der Waals surface area contributed by atoms with Crippen molar-refractivity contribution in [3.63, 3.8) is 0 Å². The Morgan fingerprint density at radius 2 is 0.800 bits per heavy atom. The summed E-state index contributed by atoms with van der Waals surface area (Å²) in [6.45, 7) is 6.31. The third-order valence-corrected chi connectivity index (χ3v) is 1.50. The van der Waals surface area contributed by atoms with Crippen molar-refractivity contribution in [2.75, 3.05) is 0 Å². The van der Waals surface area contributed by atoms with Crippen LogP contribution in [0.15, 0.2) is 0 Å². The molecule has 0 unspecified atom stereocenters. The van der Waals surface area contributed by atoms with E-state index in [4.69, 9.17) is 10.2 Å². The average Bonchev–Trinajstić information content (AvgIpc) is 1.25. The SMILES string of the molecule is B.B.CC(C)(O)C(C)(C)O. The van der Waals surface area contributed by atoms with E-state index in [9.17, 15) is 0 Å². The topological polar surface area (TPSA) is 40.5 Å². The maximum atomic E-state index is 9.10. The Kier molecular flexibility index (Phi) is 6.69. The quantitative estimate of drug-likeness (QED) is 0.426. The highest BCUT2D eigenvalue weighted by atomic mass is 16.3. The van der Waals surface area contributed by atoms with E-state index in [1.54, 1.807) is 27.7 Å². The van der Waals surface area contributed by atoms with E-state index in [1.807, 2.05) is 0 Å². The monoisotopic (exact) mass is 146 g/mol. The lowest BCUT2D eigenvalue weighted by Crippen LogP contribution is -2.44. The minimum Gasteiger partial charge on any atom is -0.387 e. The largest absolute Gasteiger partial charge is 0.387 e. The van der Waals surface area contributed by atoms with Gasteiger partial charge in [-0.2, -0.15) is 0 Å². The number of hydrogen-bond donors (Lipinski definition) is 2. The molecule has 62 valence electrons. The lowest BCUT2D eigenvalue weighted by molar-refractivity contribution is -0.107. The second-order valence-electron chi connectivity index (χ2n) is 3.12. The summed E-state index contributed by atoms with van der Waals surface area (Å²) in [4.78, 5) is 0. The molecular weight excluding hydrogens is 126 g/mol. The van der Waals surface area contributed by atoms with Crippen LogP contribution in [0.4, 0.5) is 0 Å². The van der Waals surface area contributed by atoms with E-state index in [0.717, 1.165) is 0 Å². The first-order valence-electron chi connectivity index (χ1n) is 2.70. The highest BCUT2D eigenvalue weighted by Gasteiger charge is 2.31. The summed E-state index contributed by atoms with van der Waals surface area (Å²) in [6, 6.07) is 0. The normalized spacial score (nSPS) is 11.4. The fourth-order valence-corrected chi connectivity index (χ4v) is 0. The number of rotatable bonds is 1. The third-order valence-electron chi connectivity index (χ3n) is 1.50. The van der Waals surface area contributed by atoms with Gasteiger partial charge in [-0.15, -0.1) is 0 Å². The van der Waals surface area contributed by atoms with Crippen LogP contribution in [0.3, 0.4) is 0 Å². The predicted molar refractivity (Wildman–Crippen MR) is 52.5 cm³/mol. The van der Waals surface area contributed by atoms with Gasteiger partial charge in [0.25, 0.3) is 0 Å². The molecule has 0 amide bonds. The third kappa shape index (κ3) is 4.89. The zero-order valence-corrected chi connectivity index (χ0v) is 5.89. The molecule has 0 fully saturated rings. The van der Waals surface area contributed by atoms with Crippen molar-refractivity contribution < 1.29 is 10.2 Å². The van der Waals surface area contributed by atoms with Crippen molar-refractivity contribution in [1.82, 2.24) is 0 Å².